The largest absolute Gasteiger partial charge is 0.382 e. The molecule has 1 aliphatic rings. The lowest BCUT2D eigenvalue weighted by Crippen LogP contribution is -2.20. The van der Waals surface area contributed by atoms with Crippen LogP contribution in [0.4, 0.5) is 11.4 Å². The fourth-order valence-electron chi connectivity index (χ4n) is 2.22. The molecule has 2 rings (SSSR count). The number of nitrogens with one attached hydrogen (secondary N) is 2. The van der Waals surface area contributed by atoms with E-state index in [0.717, 1.165) is 43.9 Å². The van der Waals surface area contributed by atoms with Gasteiger partial charge in [0.1, 0.15) is 0 Å². The van der Waals surface area contributed by atoms with Crippen LogP contribution < -0.4 is 10.6 Å². The SMILES string of the molecule is CC(C)C(=O)Nc1ccc(NC2CCCOCC2)cc1. The van der Waals surface area contributed by atoms with Gasteiger partial charge in [0.25, 0.3) is 0 Å². The summed E-state index contributed by atoms with van der Waals surface area (Å²) < 4.78 is 5.46. The van der Waals surface area contributed by atoms with Crippen LogP contribution in [0.2, 0.25) is 0 Å². The monoisotopic (exact) mass is 276 g/mol. The molecule has 0 aliphatic carbocycles. The van der Waals surface area contributed by atoms with Crippen molar-refractivity contribution in [3.8, 4) is 0 Å². The Bertz CT molecular complexity index is 421. The molecular formula is C16H24N2O2. The van der Waals surface area contributed by atoms with Crippen LogP contribution in [0.15, 0.2) is 24.3 Å². The van der Waals surface area contributed by atoms with E-state index in [9.17, 15) is 4.79 Å². The van der Waals surface area contributed by atoms with E-state index in [1.54, 1.807) is 0 Å². The zero-order valence-corrected chi connectivity index (χ0v) is 12.3. The minimum Gasteiger partial charge on any atom is -0.382 e. The Morgan fingerprint density at radius 2 is 1.85 bits per heavy atom. The molecule has 0 bridgehead atoms. The van der Waals surface area contributed by atoms with E-state index in [1.165, 1.54) is 0 Å². The Hall–Kier alpha value is -1.55. The van der Waals surface area contributed by atoms with Gasteiger partial charge in [-0.25, -0.2) is 0 Å². The first-order chi connectivity index (χ1) is 9.65. The summed E-state index contributed by atoms with van der Waals surface area (Å²) in [6.45, 7) is 5.48. The van der Waals surface area contributed by atoms with E-state index < -0.39 is 0 Å². The van der Waals surface area contributed by atoms with Gasteiger partial charge in [-0.15, -0.1) is 0 Å². The summed E-state index contributed by atoms with van der Waals surface area (Å²) >= 11 is 0. The van der Waals surface area contributed by atoms with E-state index >= 15 is 0 Å². The first kappa shape index (κ1) is 14.9. The molecule has 0 spiro atoms. The number of ether oxygens (including phenoxy) is 1. The molecule has 4 heteroatoms. The molecule has 1 saturated heterocycles. The van der Waals surface area contributed by atoms with Gasteiger partial charge in [0.2, 0.25) is 5.91 Å². The molecule has 1 atom stereocenters. The summed E-state index contributed by atoms with van der Waals surface area (Å²) in [6, 6.07) is 8.39. The highest BCUT2D eigenvalue weighted by Gasteiger charge is 2.12. The quantitative estimate of drug-likeness (QED) is 0.887. The molecule has 0 saturated carbocycles. The molecule has 1 amide bonds. The number of rotatable bonds is 4. The van der Waals surface area contributed by atoms with Crippen LogP contribution in [0, 0.1) is 5.92 Å². The number of hydrogen-bond donors (Lipinski definition) is 2. The van der Waals surface area contributed by atoms with Gasteiger partial charge in [0, 0.05) is 36.5 Å². The Morgan fingerprint density at radius 3 is 2.55 bits per heavy atom. The fourth-order valence-corrected chi connectivity index (χ4v) is 2.22. The smallest absolute Gasteiger partial charge is 0.226 e. The Labute approximate surface area is 120 Å². The molecule has 0 radical (unpaired) electrons. The number of anilines is 2. The average molecular weight is 276 g/mol. The lowest BCUT2D eigenvalue weighted by atomic mass is 10.1. The normalized spacial score (nSPS) is 19.4. The van der Waals surface area contributed by atoms with Gasteiger partial charge in [-0.05, 0) is 43.5 Å². The molecule has 0 aromatic heterocycles. The maximum Gasteiger partial charge on any atom is 0.226 e. The van der Waals surface area contributed by atoms with Crippen molar-refractivity contribution in [3.05, 3.63) is 24.3 Å². The summed E-state index contributed by atoms with van der Waals surface area (Å²) in [7, 11) is 0. The van der Waals surface area contributed by atoms with Gasteiger partial charge in [-0.1, -0.05) is 13.8 Å². The summed E-state index contributed by atoms with van der Waals surface area (Å²) in [6.07, 6.45) is 3.30. The lowest BCUT2D eigenvalue weighted by molar-refractivity contribution is -0.118. The van der Waals surface area contributed by atoms with Crippen LogP contribution >= 0.6 is 0 Å². The third-order valence-corrected chi connectivity index (χ3v) is 3.50. The highest BCUT2D eigenvalue weighted by Crippen LogP contribution is 2.18. The number of benzene rings is 1. The zero-order valence-electron chi connectivity index (χ0n) is 12.3. The van der Waals surface area contributed by atoms with Gasteiger partial charge in [-0.3, -0.25) is 4.79 Å². The van der Waals surface area contributed by atoms with Crippen molar-refractivity contribution in [1.82, 2.24) is 0 Å². The first-order valence-electron chi connectivity index (χ1n) is 7.40. The minimum atomic E-state index is -0.00112. The van der Waals surface area contributed by atoms with Gasteiger partial charge in [-0.2, -0.15) is 0 Å². The lowest BCUT2D eigenvalue weighted by Gasteiger charge is -2.17. The third-order valence-electron chi connectivity index (χ3n) is 3.50. The van der Waals surface area contributed by atoms with Crippen LogP contribution in [-0.2, 0) is 9.53 Å². The van der Waals surface area contributed by atoms with Crippen molar-refractivity contribution in [2.45, 2.75) is 39.2 Å². The topological polar surface area (TPSA) is 50.4 Å². The summed E-state index contributed by atoms with van der Waals surface area (Å²) in [5.74, 6) is 0.0467. The van der Waals surface area contributed by atoms with Crippen LogP contribution in [0.25, 0.3) is 0 Å². The van der Waals surface area contributed by atoms with Gasteiger partial charge >= 0.3 is 0 Å². The molecule has 1 aromatic rings. The second-order valence-electron chi connectivity index (χ2n) is 5.61. The molecule has 110 valence electrons. The number of carbonyl (C=O) groups is 1. The number of carbonyl (C=O) groups excluding carboxylic acids is 1. The molecule has 1 aromatic carbocycles. The Balaban J connectivity index is 1.89. The van der Waals surface area contributed by atoms with Crippen LogP contribution in [-0.4, -0.2) is 25.2 Å². The van der Waals surface area contributed by atoms with E-state index in [0.29, 0.717) is 6.04 Å². The number of amides is 1. The molecule has 2 N–H and O–H groups in total. The standard InChI is InChI=1S/C16H24N2O2/c1-12(2)16(19)18-15-7-5-14(6-8-15)17-13-4-3-10-20-11-9-13/h5-8,12-13,17H,3-4,9-11H2,1-2H3,(H,18,19). The molecule has 20 heavy (non-hydrogen) atoms. The van der Waals surface area contributed by atoms with Crippen molar-refractivity contribution in [2.75, 3.05) is 23.8 Å². The van der Waals surface area contributed by atoms with Gasteiger partial charge in [0.05, 0.1) is 0 Å². The predicted molar refractivity (Wildman–Crippen MR) is 82.0 cm³/mol. The molecule has 4 nitrogen and oxygen atoms in total. The van der Waals surface area contributed by atoms with Crippen molar-refractivity contribution >= 4 is 17.3 Å². The van der Waals surface area contributed by atoms with Crippen molar-refractivity contribution < 1.29 is 9.53 Å². The summed E-state index contributed by atoms with van der Waals surface area (Å²) in [5.41, 5.74) is 1.94. The second kappa shape index (κ2) is 7.29. The molecular weight excluding hydrogens is 252 g/mol. The zero-order chi connectivity index (χ0) is 14.4. The maximum atomic E-state index is 11.6. The van der Waals surface area contributed by atoms with E-state index in [4.69, 9.17) is 4.74 Å². The Morgan fingerprint density at radius 1 is 1.15 bits per heavy atom. The van der Waals surface area contributed by atoms with Crippen molar-refractivity contribution in [2.24, 2.45) is 5.92 Å². The highest BCUT2D eigenvalue weighted by molar-refractivity contribution is 5.92. The maximum absolute atomic E-state index is 11.6. The fraction of sp³-hybridized carbons (Fsp3) is 0.562. The first-order valence-corrected chi connectivity index (χ1v) is 7.40. The van der Waals surface area contributed by atoms with E-state index in [2.05, 4.69) is 10.6 Å². The summed E-state index contributed by atoms with van der Waals surface area (Å²) in [5, 5.41) is 6.43. The van der Waals surface area contributed by atoms with Gasteiger partial charge in [0.15, 0.2) is 0 Å². The van der Waals surface area contributed by atoms with Crippen molar-refractivity contribution in [3.63, 3.8) is 0 Å². The molecule has 1 heterocycles. The van der Waals surface area contributed by atoms with Gasteiger partial charge < -0.3 is 15.4 Å². The van der Waals surface area contributed by atoms with Crippen molar-refractivity contribution in [1.29, 1.82) is 0 Å². The summed E-state index contributed by atoms with van der Waals surface area (Å²) in [4.78, 5) is 11.6. The predicted octanol–water partition coefficient (Wildman–Crippen LogP) is 3.26. The minimum absolute atomic E-state index is 0.00112. The second-order valence-corrected chi connectivity index (χ2v) is 5.61. The molecule has 1 unspecified atom stereocenters. The van der Waals surface area contributed by atoms with E-state index in [-0.39, 0.29) is 11.8 Å². The third kappa shape index (κ3) is 4.53. The highest BCUT2D eigenvalue weighted by atomic mass is 16.5. The Kier molecular flexibility index (Phi) is 5.41. The van der Waals surface area contributed by atoms with Crippen LogP contribution in [0.3, 0.4) is 0 Å². The van der Waals surface area contributed by atoms with E-state index in [1.807, 2.05) is 38.1 Å². The number of hydrogen-bond acceptors (Lipinski definition) is 3. The average Bonchev–Trinajstić information content (AvgIpc) is 2.69. The molecule has 1 fully saturated rings. The van der Waals surface area contributed by atoms with Crippen LogP contribution in [0.1, 0.15) is 33.1 Å². The van der Waals surface area contributed by atoms with Crippen LogP contribution in [0.5, 0.6) is 0 Å². The molecule has 1 aliphatic heterocycles.